The van der Waals surface area contributed by atoms with Crippen molar-refractivity contribution in [3.05, 3.63) is 0 Å². The molecule has 1 aliphatic heterocycles. The normalized spacial score (nSPS) is 19.0. The van der Waals surface area contributed by atoms with E-state index in [0.29, 0.717) is 6.42 Å². The van der Waals surface area contributed by atoms with Crippen molar-refractivity contribution in [1.29, 1.82) is 0 Å². The lowest BCUT2D eigenvalue weighted by molar-refractivity contribution is -0.144. The van der Waals surface area contributed by atoms with Crippen LogP contribution in [0.3, 0.4) is 0 Å². The zero-order chi connectivity index (χ0) is 13.7. The number of rotatable bonds is 5. The molecule has 18 heavy (non-hydrogen) atoms. The van der Waals surface area contributed by atoms with E-state index >= 15 is 0 Å². The number of nitrogens with zero attached hydrogens (tertiary/aromatic N) is 3. The molecule has 6 nitrogen and oxygen atoms in total. The van der Waals surface area contributed by atoms with Crippen LogP contribution in [0.25, 0.3) is 0 Å². The molecule has 104 valence electrons. The van der Waals surface area contributed by atoms with Crippen LogP contribution in [0.5, 0.6) is 0 Å². The number of hydrogen-bond acceptors (Lipinski definition) is 4. The molecular weight excluding hydrogens is 234 g/mol. The van der Waals surface area contributed by atoms with Crippen LogP contribution in [0, 0.1) is 0 Å². The second kappa shape index (κ2) is 6.70. The van der Waals surface area contributed by atoms with Gasteiger partial charge in [-0.25, -0.2) is 0 Å². The van der Waals surface area contributed by atoms with Gasteiger partial charge in [-0.3, -0.25) is 14.5 Å². The molecule has 0 radical (unpaired) electrons. The number of carbonyl (C=O) groups is 2. The van der Waals surface area contributed by atoms with Crippen LogP contribution >= 0.6 is 0 Å². The van der Waals surface area contributed by atoms with E-state index in [4.69, 9.17) is 5.11 Å². The Balaban J connectivity index is 2.46. The quantitative estimate of drug-likeness (QED) is 0.723. The number of likely N-dealkylation sites (N-methyl/N-ethyl adjacent to an activating group) is 2. The van der Waals surface area contributed by atoms with Crippen LogP contribution < -0.4 is 0 Å². The Morgan fingerprint density at radius 3 is 2.28 bits per heavy atom. The molecule has 1 heterocycles. The first-order chi connectivity index (χ1) is 8.45. The summed E-state index contributed by atoms with van der Waals surface area (Å²) in [7, 11) is 3.72. The highest BCUT2D eigenvalue weighted by molar-refractivity contribution is 5.80. The van der Waals surface area contributed by atoms with Crippen LogP contribution in [0.4, 0.5) is 0 Å². The van der Waals surface area contributed by atoms with Crippen LogP contribution in [0.15, 0.2) is 0 Å². The summed E-state index contributed by atoms with van der Waals surface area (Å²) >= 11 is 0. The highest BCUT2D eigenvalue weighted by Gasteiger charge is 2.25. The molecule has 0 aromatic carbocycles. The maximum Gasteiger partial charge on any atom is 0.320 e. The Morgan fingerprint density at radius 2 is 1.83 bits per heavy atom. The predicted octanol–water partition coefficient (Wildman–Crippen LogP) is -0.445. The molecule has 1 aliphatic rings. The van der Waals surface area contributed by atoms with Crippen molar-refractivity contribution in [1.82, 2.24) is 14.7 Å². The zero-order valence-electron chi connectivity index (χ0n) is 11.4. The minimum atomic E-state index is -0.869. The summed E-state index contributed by atoms with van der Waals surface area (Å²) in [6.07, 6.45) is 0.502. The lowest BCUT2D eigenvalue weighted by Gasteiger charge is -2.34. The number of carbonyl (C=O) groups excluding carboxylic acids is 1. The summed E-state index contributed by atoms with van der Waals surface area (Å²) in [5, 5.41) is 9.03. The van der Waals surface area contributed by atoms with Gasteiger partial charge in [-0.15, -0.1) is 0 Å². The van der Waals surface area contributed by atoms with Crippen molar-refractivity contribution < 1.29 is 14.7 Å². The van der Waals surface area contributed by atoms with E-state index in [9.17, 15) is 9.59 Å². The third kappa shape index (κ3) is 3.96. The van der Waals surface area contributed by atoms with Gasteiger partial charge in [-0.1, -0.05) is 6.92 Å². The van der Waals surface area contributed by atoms with E-state index in [0.717, 1.165) is 26.2 Å². The Kier molecular flexibility index (Phi) is 5.55. The zero-order valence-corrected chi connectivity index (χ0v) is 11.4. The molecule has 1 N–H and O–H groups in total. The van der Waals surface area contributed by atoms with Crippen molar-refractivity contribution in [2.75, 3.05) is 46.8 Å². The summed E-state index contributed by atoms with van der Waals surface area (Å²) in [6.45, 7) is 5.21. The average Bonchev–Trinajstić information content (AvgIpc) is 2.29. The topological polar surface area (TPSA) is 64.1 Å². The van der Waals surface area contributed by atoms with Gasteiger partial charge in [0.25, 0.3) is 0 Å². The molecule has 1 fully saturated rings. The summed E-state index contributed by atoms with van der Waals surface area (Å²) in [5.41, 5.74) is 0. The molecule has 0 saturated carbocycles. The highest BCUT2D eigenvalue weighted by Crippen LogP contribution is 2.05. The minimum Gasteiger partial charge on any atom is -0.480 e. The van der Waals surface area contributed by atoms with Gasteiger partial charge >= 0.3 is 5.97 Å². The Hall–Kier alpha value is -1.14. The summed E-state index contributed by atoms with van der Waals surface area (Å²) in [5.74, 6) is -0.850. The average molecular weight is 257 g/mol. The van der Waals surface area contributed by atoms with Gasteiger partial charge in [-0.05, 0) is 20.5 Å². The van der Waals surface area contributed by atoms with Gasteiger partial charge in [-0.2, -0.15) is 0 Å². The van der Waals surface area contributed by atoms with Crippen molar-refractivity contribution in [2.24, 2.45) is 0 Å². The minimum absolute atomic E-state index is 0.0188. The van der Waals surface area contributed by atoms with Crippen molar-refractivity contribution in [3.63, 3.8) is 0 Å². The van der Waals surface area contributed by atoms with Gasteiger partial charge in [0.15, 0.2) is 0 Å². The van der Waals surface area contributed by atoms with Gasteiger partial charge in [0.2, 0.25) is 5.91 Å². The number of carboxylic acid groups (broad SMARTS) is 1. The third-order valence-electron chi connectivity index (χ3n) is 3.44. The van der Waals surface area contributed by atoms with Gasteiger partial charge < -0.3 is 14.9 Å². The van der Waals surface area contributed by atoms with Crippen LogP contribution in [-0.2, 0) is 9.59 Å². The monoisotopic (exact) mass is 257 g/mol. The van der Waals surface area contributed by atoms with Crippen molar-refractivity contribution >= 4 is 11.9 Å². The lowest BCUT2D eigenvalue weighted by atomic mass is 10.2. The third-order valence-corrected chi connectivity index (χ3v) is 3.44. The molecule has 0 aromatic rings. The number of hydrogen-bond donors (Lipinski definition) is 1. The van der Waals surface area contributed by atoms with Gasteiger partial charge in [0.05, 0.1) is 6.54 Å². The van der Waals surface area contributed by atoms with Gasteiger partial charge in [0.1, 0.15) is 6.04 Å². The molecule has 1 atom stereocenters. The molecule has 0 aromatic heterocycles. The van der Waals surface area contributed by atoms with E-state index in [-0.39, 0.29) is 12.5 Å². The fraction of sp³-hybridized carbons (Fsp3) is 0.833. The van der Waals surface area contributed by atoms with Crippen LogP contribution in [0.2, 0.25) is 0 Å². The molecule has 1 rings (SSSR count). The first-order valence-corrected chi connectivity index (χ1v) is 6.35. The largest absolute Gasteiger partial charge is 0.480 e. The molecule has 0 bridgehead atoms. The van der Waals surface area contributed by atoms with E-state index < -0.39 is 12.0 Å². The van der Waals surface area contributed by atoms with Crippen LogP contribution in [0.1, 0.15) is 13.3 Å². The summed E-state index contributed by atoms with van der Waals surface area (Å²) in [6, 6.07) is -0.582. The number of amides is 1. The molecular formula is C12H23N3O3. The second-order valence-corrected chi connectivity index (χ2v) is 4.86. The Bertz CT molecular complexity index is 301. The standard InChI is InChI=1S/C12H23N3O3/c1-4-10(12(17)18)14(3)9-11(16)15-7-5-13(2)6-8-15/h10H,4-9H2,1-3H3,(H,17,18). The Labute approximate surface area is 108 Å². The summed E-state index contributed by atoms with van der Waals surface area (Å²) < 4.78 is 0. The summed E-state index contributed by atoms with van der Waals surface area (Å²) in [4.78, 5) is 28.6. The fourth-order valence-electron chi connectivity index (χ4n) is 2.15. The fourth-order valence-corrected chi connectivity index (χ4v) is 2.15. The molecule has 1 amide bonds. The van der Waals surface area contributed by atoms with E-state index in [1.54, 1.807) is 11.9 Å². The second-order valence-electron chi connectivity index (χ2n) is 4.86. The SMILES string of the molecule is CCC(C(=O)O)N(C)CC(=O)N1CCN(C)CC1. The lowest BCUT2D eigenvalue weighted by Crippen LogP contribution is -2.51. The number of piperazine rings is 1. The highest BCUT2D eigenvalue weighted by atomic mass is 16.4. The molecule has 1 saturated heterocycles. The first-order valence-electron chi connectivity index (χ1n) is 6.35. The maximum absolute atomic E-state index is 12.0. The van der Waals surface area contributed by atoms with Crippen LogP contribution in [-0.4, -0.2) is 84.5 Å². The Morgan fingerprint density at radius 1 is 1.28 bits per heavy atom. The molecule has 0 aliphatic carbocycles. The first kappa shape index (κ1) is 14.9. The smallest absolute Gasteiger partial charge is 0.320 e. The van der Waals surface area contributed by atoms with Crippen molar-refractivity contribution in [3.8, 4) is 0 Å². The van der Waals surface area contributed by atoms with E-state index in [1.807, 2.05) is 18.9 Å². The molecule has 1 unspecified atom stereocenters. The predicted molar refractivity (Wildman–Crippen MR) is 68.4 cm³/mol. The molecule has 0 spiro atoms. The number of aliphatic carboxylic acids is 1. The molecule has 6 heteroatoms. The van der Waals surface area contributed by atoms with E-state index in [1.165, 1.54) is 0 Å². The number of carboxylic acids is 1. The van der Waals surface area contributed by atoms with Gasteiger partial charge in [0, 0.05) is 26.2 Å². The van der Waals surface area contributed by atoms with Crippen molar-refractivity contribution in [2.45, 2.75) is 19.4 Å². The van der Waals surface area contributed by atoms with E-state index in [2.05, 4.69) is 4.90 Å². The maximum atomic E-state index is 12.0.